The predicted molar refractivity (Wildman–Crippen MR) is 78.2 cm³/mol. The standard InChI is InChI=1S/C15H29N3O/c1-3-16-14-7-11-17(12-8-14)13(2)15(19)18-9-5-4-6-10-18/h13-14,16H,3-12H2,1-2H3. The number of amides is 1. The normalized spacial score (nSPS) is 24.4. The van der Waals surface area contributed by atoms with Gasteiger partial charge in [-0.2, -0.15) is 0 Å². The van der Waals surface area contributed by atoms with E-state index in [2.05, 4.69) is 29.0 Å². The van der Waals surface area contributed by atoms with Crippen LogP contribution in [0.2, 0.25) is 0 Å². The molecule has 110 valence electrons. The molecule has 0 aliphatic carbocycles. The molecule has 1 unspecified atom stereocenters. The van der Waals surface area contributed by atoms with Crippen molar-refractivity contribution in [2.24, 2.45) is 0 Å². The second kappa shape index (κ2) is 7.25. The number of carbonyl (C=O) groups is 1. The molecular weight excluding hydrogens is 238 g/mol. The van der Waals surface area contributed by atoms with Crippen molar-refractivity contribution in [2.45, 2.75) is 58.0 Å². The van der Waals surface area contributed by atoms with E-state index in [4.69, 9.17) is 0 Å². The van der Waals surface area contributed by atoms with E-state index in [0.717, 1.165) is 32.7 Å². The molecule has 1 N–H and O–H groups in total. The lowest BCUT2D eigenvalue weighted by molar-refractivity contribution is -0.137. The van der Waals surface area contributed by atoms with Crippen molar-refractivity contribution in [3.63, 3.8) is 0 Å². The lowest BCUT2D eigenvalue weighted by Gasteiger charge is -2.38. The molecule has 0 saturated carbocycles. The molecule has 4 heteroatoms. The number of likely N-dealkylation sites (tertiary alicyclic amines) is 2. The highest BCUT2D eigenvalue weighted by Crippen LogP contribution is 2.17. The van der Waals surface area contributed by atoms with Gasteiger partial charge in [0.05, 0.1) is 6.04 Å². The van der Waals surface area contributed by atoms with Gasteiger partial charge in [0.15, 0.2) is 0 Å². The first kappa shape index (κ1) is 14.8. The topological polar surface area (TPSA) is 35.6 Å². The van der Waals surface area contributed by atoms with Gasteiger partial charge in [-0.15, -0.1) is 0 Å². The van der Waals surface area contributed by atoms with E-state index in [0.29, 0.717) is 11.9 Å². The van der Waals surface area contributed by atoms with Crippen molar-refractivity contribution in [3.8, 4) is 0 Å². The molecule has 0 aromatic carbocycles. The Morgan fingerprint density at radius 1 is 1.16 bits per heavy atom. The molecule has 0 spiro atoms. The van der Waals surface area contributed by atoms with Gasteiger partial charge in [0, 0.05) is 32.2 Å². The van der Waals surface area contributed by atoms with Crippen LogP contribution in [0.15, 0.2) is 0 Å². The summed E-state index contributed by atoms with van der Waals surface area (Å²) in [6.45, 7) is 9.34. The Balaban J connectivity index is 1.79. The molecule has 1 amide bonds. The van der Waals surface area contributed by atoms with Gasteiger partial charge >= 0.3 is 0 Å². The maximum absolute atomic E-state index is 12.5. The zero-order valence-electron chi connectivity index (χ0n) is 12.5. The fraction of sp³-hybridized carbons (Fsp3) is 0.933. The second-order valence-corrected chi connectivity index (χ2v) is 5.93. The highest BCUT2D eigenvalue weighted by Gasteiger charge is 2.29. The summed E-state index contributed by atoms with van der Waals surface area (Å²) in [5.74, 6) is 0.349. The van der Waals surface area contributed by atoms with Gasteiger partial charge in [0.25, 0.3) is 0 Å². The van der Waals surface area contributed by atoms with Gasteiger partial charge in [0.1, 0.15) is 0 Å². The van der Waals surface area contributed by atoms with Crippen molar-refractivity contribution < 1.29 is 4.79 Å². The van der Waals surface area contributed by atoms with Gasteiger partial charge < -0.3 is 10.2 Å². The lowest BCUT2D eigenvalue weighted by atomic mass is 10.0. The zero-order valence-corrected chi connectivity index (χ0v) is 12.5. The van der Waals surface area contributed by atoms with Gasteiger partial charge in [-0.3, -0.25) is 9.69 Å². The van der Waals surface area contributed by atoms with Crippen LogP contribution in [-0.4, -0.2) is 60.5 Å². The van der Waals surface area contributed by atoms with Crippen LogP contribution in [0.3, 0.4) is 0 Å². The highest BCUT2D eigenvalue weighted by atomic mass is 16.2. The Kier molecular flexibility index (Phi) is 5.64. The van der Waals surface area contributed by atoms with Crippen molar-refractivity contribution >= 4 is 5.91 Å². The van der Waals surface area contributed by atoms with Crippen molar-refractivity contribution in [2.75, 3.05) is 32.7 Å². The molecular formula is C15H29N3O. The smallest absolute Gasteiger partial charge is 0.239 e. The molecule has 4 nitrogen and oxygen atoms in total. The molecule has 2 aliphatic rings. The molecule has 0 aromatic rings. The van der Waals surface area contributed by atoms with Crippen LogP contribution in [0.1, 0.15) is 46.0 Å². The monoisotopic (exact) mass is 267 g/mol. The molecule has 1 atom stereocenters. The molecule has 0 bridgehead atoms. The number of hydrogen-bond donors (Lipinski definition) is 1. The summed E-state index contributed by atoms with van der Waals surface area (Å²) in [7, 11) is 0. The summed E-state index contributed by atoms with van der Waals surface area (Å²) in [6, 6.07) is 0.721. The number of piperidine rings is 2. The zero-order chi connectivity index (χ0) is 13.7. The highest BCUT2D eigenvalue weighted by molar-refractivity contribution is 5.81. The van der Waals surface area contributed by atoms with Crippen molar-refractivity contribution in [1.82, 2.24) is 15.1 Å². The summed E-state index contributed by atoms with van der Waals surface area (Å²) in [6.07, 6.45) is 5.99. The van der Waals surface area contributed by atoms with Gasteiger partial charge in [-0.25, -0.2) is 0 Å². The molecule has 0 aromatic heterocycles. The molecule has 0 radical (unpaired) electrons. The summed E-state index contributed by atoms with van der Waals surface area (Å²) < 4.78 is 0. The predicted octanol–water partition coefficient (Wildman–Crippen LogP) is 1.46. The SMILES string of the molecule is CCNC1CCN(C(C)C(=O)N2CCCCC2)CC1. The van der Waals surface area contributed by atoms with Gasteiger partial charge in [-0.1, -0.05) is 6.92 Å². The van der Waals surface area contributed by atoms with E-state index in [1.54, 1.807) is 0 Å². The number of nitrogens with one attached hydrogen (secondary N) is 1. The molecule has 19 heavy (non-hydrogen) atoms. The average molecular weight is 267 g/mol. The maximum atomic E-state index is 12.5. The van der Waals surface area contributed by atoms with E-state index in [-0.39, 0.29) is 6.04 Å². The largest absolute Gasteiger partial charge is 0.341 e. The fourth-order valence-electron chi connectivity index (χ4n) is 3.31. The number of carbonyl (C=O) groups excluding carboxylic acids is 1. The third kappa shape index (κ3) is 3.93. The van der Waals surface area contributed by atoms with E-state index in [1.165, 1.54) is 32.1 Å². The van der Waals surface area contributed by atoms with E-state index < -0.39 is 0 Å². The summed E-state index contributed by atoms with van der Waals surface area (Å²) >= 11 is 0. The Morgan fingerprint density at radius 3 is 2.37 bits per heavy atom. The molecule has 2 rings (SSSR count). The van der Waals surface area contributed by atoms with Crippen LogP contribution < -0.4 is 5.32 Å². The number of nitrogens with zero attached hydrogens (tertiary/aromatic N) is 2. The number of hydrogen-bond acceptors (Lipinski definition) is 3. The first-order chi connectivity index (χ1) is 9.22. The second-order valence-electron chi connectivity index (χ2n) is 5.93. The Bertz CT molecular complexity index is 281. The van der Waals surface area contributed by atoms with Gasteiger partial charge in [0.2, 0.25) is 5.91 Å². The molecule has 2 aliphatic heterocycles. The van der Waals surface area contributed by atoms with Crippen LogP contribution in [0.25, 0.3) is 0 Å². The van der Waals surface area contributed by atoms with E-state index in [9.17, 15) is 4.79 Å². The van der Waals surface area contributed by atoms with Crippen molar-refractivity contribution in [3.05, 3.63) is 0 Å². The van der Waals surface area contributed by atoms with E-state index >= 15 is 0 Å². The summed E-state index contributed by atoms with van der Waals surface area (Å²) in [5.41, 5.74) is 0. The summed E-state index contributed by atoms with van der Waals surface area (Å²) in [5, 5.41) is 3.51. The fourth-order valence-corrected chi connectivity index (χ4v) is 3.31. The van der Waals surface area contributed by atoms with E-state index in [1.807, 2.05) is 0 Å². The lowest BCUT2D eigenvalue weighted by Crippen LogP contribution is -2.52. The third-order valence-corrected chi connectivity index (χ3v) is 4.60. The summed E-state index contributed by atoms with van der Waals surface area (Å²) in [4.78, 5) is 16.9. The van der Waals surface area contributed by atoms with Crippen LogP contribution >= 0.6 is 0 Å². The van der Waals surface area contributed by atoms with Crippen LogP contribution in [-0.2, 0) is 4.79 Å². The van der Waals surface area contributed by atoms with Crippen LogP contribution in [0.4, 0.5) is 0 Å². The van der Waals surface area contributed by atoms with Crippen molar-refractivity contribution in [1.29, 1.82) is 0 Å². The number of rotatable bonds is 4. The average Bonchev–Trinajstić information content (AvgIpc) is 2.48. The third-order valence-electron chi connectivity index (χ3n) is 4.60. The molecule has 2 fully saturated rings. The minimum absolute atomic E-state index is 0.0701. The Labute approximate surface area is 117 Å². The minimum atomic E-state index is 0.0701. The van der Waals surface area contributed by atoms with Crippen LogP contribution in [0.5, 0.6) is 0 Å². The molecule has 2 heterocycles. The minimum Gasteiger partial charge on any atom is -0.341 e. The first-order valence-electron chi connectivity index (χ1n) is 7.98. The maximum Gasteiger partial charge on any atom is 0.239 e. The van der Waals surface area contributed by atoms with Crippen LogP contribution in [0, 0.1) is 0 Å². The quantitative estimate of drug-likeness (QED) is 0.837. The molecule has 2 saturated heterocycles. The van der Waals surface area contributed by atoms with Gasteiger partial charge in [-0.05, 0) is 45.6 Å². The first-order valence-corrected chi connectivity index (χ1v) is 7.98. The Morgan fingerprint density at radius 2 is 1.79 bits per heavy atom. The Hall–Kier alpha value is -0.610.